The molecular formula is C13H19N5O2S2. The van der Waals surface area contributed by atoms with Crippen molar-refractivity contribution < 1.29 is 9.95 Å². The third-order valence-corrected chi connectivity index (χ3v) is 4.86. The summed E-state index contributed by atoms with van der Waals surface area (Å²) in [4.78, 5) is 0.804. The standard InChI is InChI=1S/C13H19N5O2S2/c1-8(15-16-11(14)21)13(4)17(19)10(9-6-5-7-22-9)12(2,3)18(13)20/h5-7,20H,1-4H3,(H3,14,16,21)/b15-8-. The summed E-state index contributed by atoms with van der Waals surface area (Å²) in [6.07, 6.45) is 0. The Bertz CT molecular complexity index is 653. The molecule has 0 spiro atoms. The van der Waals surface area contributed by atoms with E-state index >= 15 is 0 Å². The highest BCUT2D eigenvalue weighted by Gasteiger charge is 2.61. The van der Waals surface area contributed by atoms with Crippen LogP contribution in [0, 0.1) is 5.21 Å². The molecular weight excluding hydrogens is 322 g/mol. The lowest BCUT2D eigenvalue weighted by molar-refractivity contribution is -0.560. The number of hydrogen-bond acceptors (Lipinski definition) is 6. The molecule has 2 rings (SSSR count). The monoisotopic (exact) mass is 341 g/mol. The van der Waals surface area contributed by atoms with E-state index in [1.54, 1.807) is 27.7 Å². The molecule has 0 fully saturated rings. The van der Waals surface area contributed by atoms with Crippen LogP contribution in [0.3, 0.4) is 0 Å². The van der Waals surface area contributed by atoms with Crippen molar-refractivity contribution in [2.24, 2.45) is 10.8 Å². The molecule has 4 N–H and O–H groups in total. The van der Waals surface area contributed by atoms with Gasteiger partial charge in [-0.15, -0.1) is 16.4 Å². The van der Waals surface area contributed by atoms with E-state index in [9.17, 15) is 10.4 Å². The normalized spacial score (nSPS) is 25.6. The fourth-order valence-electron chi connectivity index (χ4n) is 2.56. The number of thiophene rings is 1. The fraction of sp³-hybridized carbons (Fsp3) is 0.462. The zero-order chi connectivity index (χ0) is 16.7. The van der Waals surface area contributed by atoms with Gasteiger partial charge in [0.05, 0.1) is 4.88 Å². The molecule has 0 amide bonds. The van der Waals surface area contributed by atoms with Crippen LogP contribution in [-0.2, 0) is 0 Å². The van der Waals surface area contributed by atoms with Gasteiger partial charge in [0, 0.05) is 6.92 Å². The topological polar surface area (TPSA) is 100.0 Å². The quantitative estimate of drug-likeness (QED) is 0.253. The highest BCUT2D eigenvalue weighted by molar-refractivity contribution is 7.80. The summed E-state index contributed by atoms with van der Waals surface area (Å²) in [7, 11) is 0. The number of rotatable bonds is 3. The zero-order valence-corrected chi connectivity index (χ0v) is 14.5. The molecule has 1 unspecified atom stereocenters. The average Bonchev–Trinajstić information content (AvgIpc) is 2.99. The summed E-state index contributed by atoms with van der Waals surface area (Å²) in [6, 6.07) is 3.72. The first-order valence-electron chi connectivity index (χ1n) is 6.61. The van der Waals surface area contributed by atoms with Gasteiger partial charge in [-0.25, -0.2) is 0 Å². The molecule has 0 aromatic carbocycles. The lowest BCUT2D eigenvalue weighted by atomic mass is 9.97. The van der Waals surface area contributed by atoms with Crippen LogP contribution < -0.4 is 11.2 Å². The van der Waals surface area contributed by atoms with Crippen molar-refractivity contribution in [1.82, 2.24) is 10.5 Å². The summed E-state index contributed by atoms with van der Waals surface area (Å²) in [6.45, 7) is 6.80. The molecule has 1 aromatic heterocycles. The Morgan fingerprint density at radius 3 is 2.68 bits per heavy atom. The summed E-state index contributed by atoms with van der Waals surface area (Å²) in [5.41, 5.74) is 6.40. The fourth-order valence-corrected chi connectivity index (χ4v) is 3.51. The van der Waals surface area contributed by atoms with Crippen LogP contribution in [-0.4, -0.2) is 42.7 Å². The van der Waals surface area contributed by atoms with Gasteiger partial charge in [-0.3, -0.25) is 5.43 Å². The van der Waals surface area contributed by atoms with Gasteiger partial charge in [-0.2, -0.15) is 9.84 Å². The molecule has 1 aliphatic heterocycles. The van der Waals surface area contributed by atoms with Gasteiger partial charge in [0.1, 0.15) is 11.3 Å². The maximum absolute atomic E-state index is 12.9. The smallest absolute Gasteiger partial charge is 0.289 e. The van der Waals surface area contributed by atoms with Gasteiger partial charge < -0.3 is 16.1 Å². The van der Waals surface area contributed by atoms with Crippen molar-refractivity contribution in [3.63, 3.8) is 0 Å². The second-order valence-electron chi connectivity index (χ2n) is 5.69. The van der Waals surface area contributed by atoms with Crippen molar-refractivity contribution in [1.29, 1.82) is 0 Å². The number of nitrogens with one attached hydrogen (secondary N) is 1. The van der Waals surface area contributed by atoms with Crippen molar-refractivity contribution in [3.05, 3.63) is 27.6 Å². The lowest BCUT2D eigenvalue weighted by Gasteiger charge is -2.32. The van der Waals surface area contributed by atoms with Crippen molar-refractivity contribution in [2.75, 3.05) is 0 Å². The largest absolute Gasteiger partial charge is 0.622 e. The molecule has 120 valence electrons. The Morgan fingerprint density at radius 1 is 1.55 bits per heavy atom. The number of nitrogens with two attached hydrogens (primary N) is 1. The predicted octanol–water partition coefficient (Wildman–Crippen LogP) is 1.46. The molecule has 0 radical (unpaired) electrons. The minimum absolute atomic E-state index is 0.00962. The van der Waals surface area contributed by atoms with Crippen LogP contribution >= 0.6 is 23.6 Å². The average molecular weight is 341 g/mol. The molecule has 22 heavy (non-hydrogen) atoms. The Labute approximate surface area is 138 Å². The zero-order valence-electron chi connectivity index (χ0n) is 12.8. The van der Waals surface area contributed by atoms with Crippen molar-refractivity contribution in [2.45, 2.75) is 38.9 Å². The van der Waals surface area contributed by atoms with E-state index in [1.165, 1.54) is 11.3 Å². The van der Waals surface area contributed by atoms with Crippen LogP contribution in [0.15, 0.2) is 22.6 Å². The van der Waals surface area contributed by atoms with Gasteiger partial charge >= 0.3 is 0 Å². The van der Waals surface area contributed by atoms with E-state index in [1.807, 2.05) is 17.5 Å². The highest BCUT2D eigenvalue weighted by Crippen LogP contribution is 2.37. The number of thiocarbonyl (C=S) groups is 1. The van der Waals surface area contributed by atoms with Crippen LogP contribution in [0.25, 0.3) is 0 Å². The molecule has 9 heteroatoms. The second-order valence-corrected chi connectivity index (χ2v) is 7.07. The maximum atomic E-state index is 12.9. The second kappa shape index (κ2) is 5.58. The first-order chi connectivity index (χ1) is 10.1. The van der Waals surface area contributed by atoms with Crippen molar-refractivity contribution >= 4 is 40.1 Å². The molecule has 1 atom stereocenters. The number of nitrogens with zero attached hydrogens (tertiary/aromatic N) is 3. The Hall–Kier alpha value is -1.55. The Kier molecular flexibility index (Phi) is 4.26. The van der Waals surface area contributed by atoms with E-state index in [4.69, 9.17) is 18.0 Å². The van der Waals surface area contributed by atoms with Gasteiger partial charge in [0.15, 0.2) is 5.11 Å². The number of hydroxylamine groups is 3. The lowest BCUT2D eigenvalue weighted by Crippen LogP contribution is -2.57. The summed E-state index contributed by atoms with van der Waals surface area (Å²) >= 11 is 6.15. The minimum Gasteiger partial charge on any atom is -0.622 e. The molecule has 1 aromatic rings. The SMILES string of the molecule is C/C(=N/NC(N)=S)C1(C)N(O)C(C)(C)C(c2cccs2)=[N+]1[O-]. The molecule has 0 aliphatic carbocycles. The van der Waals surface area contributed by atoms with Gasteiger partial charge in [-0.05, 0) is 44.4 Å². The van der Waals surface area contributed by atoms with Crippen LogP contribution in [0.1, 0.15) is 32.6 Å². The maximum Gasteiger partial charge on any atom is 0.289 e. The van der Waals surface area contributed by atoms with Gasteiger partial charge in [0.25, 0.3) is 5.66 Å². The minimum atomic E-state index is -1.36. The van der Waals surface area contributed by atoms with Crippen LogP contribution in [0.2, 0.25) is 0 Å². The van der Waals surface area contributed by atoms with Gasteiger partial charge in [-0.1, -0.05) is 6.07 Å². The predicted molar refractivity (Wildman–Crippen MR) is 91.2 cm³/mol. The molecule has 0 bridgehead atoms. The molecule has 1 aliphatic rings. The molecule has 2 heterocycles. The molecule has 0 saturated carbocycles. The third-order valence-electron chi connectivity index (χ3n) is 3.89. The van der Waals surface area contributed by atoms with E-state index in [0.717, 1.165) is 14.7 Å². The van der Waals surface area contributed by atoms with E-state index in [0.29, 0.717) is 11.4 Å². The summed E-state index contributed by atoms with van der Waals surface area (Å²) in [5, 5.41) is 30.5. The first-order valence-corrected chi connectivity index (χ1v) is 7.90. The number of hydrazone groups is 1. The van der Waals surface area contributed by atoms with Gasteiger partial charge in [0.2, 0.25) is 5.71 Å². The Morgan fingerprint density at radius 2 is 2.18 bits per heavy atom. The number of hydrogen-bond donors (Lipinski definition) is 3. The molecule has 7 nitrogen and oxygen atoms in total. The van der Waals surface area contributed by atoms with Crippen LogP contribution in [0.5, 0.6) is 0 Å². The first kappa shape index (κ1) is 16.8. The third kappa shape index (κ3) is 2.39. The Balaban J connectivity index is 2.57. The molecule has 0 saturated heterocycles. The van der Waals surface area contributed by atoms with E-state index < -0.39 is 11.2 Å². The van der Waals surface area contributed by atoms with E-state index in [-0.39, 0.29) is 5.11 Å². The van der Waals surface area contributed by atoms with E-state index in [2.05, 4.69) is 10.5 Å². The summed E-state index contributed by atoms with van der Waals surface area (Å²) in [5.74, 6) is 0. The van der Waals surface area contributed by atoms with Crippen LogP contribution in [0.4, 0.5) is 0 Å². The summed E-state index contributed by atoms with van der Waals surface area (Å²) < 4.78 is 0.791. The highest BCUT2D eigenvalue weighted by atomic mass is 32.1. The van der Waals surface area contributed by atoms with Crippen molar-refractivity contribution in [3.8, 4) is 0 Å².